The number of nitrogens with two attached hydrogens (primary N) is 2. The van der Waals surface area contributed by atoms with Crippen molar-refractivity contribution < 1.29 is 13.2 Å². The highest BCUT2D eigenvalue weighted by Crippen LogP contribution is 2.12. The summed E-state index contributed by atoms with van der Waals surface area (Å²) in [6.45, 7) is -0.000817. The first kappa shape index (κ1) is 14.6. The molecular weight excluding hydrogens is 254 g/mol. The third-order valence-electron chi connectivity index (χ3n) is 2.34. The third-order valence-corrected chi connectivity index (χ3v) is 3.11. The minimum atomic E-state index is -3.55. The zero-order valence-electron chi connectivity index (χ0n) is 9.87. The molecule has 0 saturated carbocycles. The molecule has 0 aliphatic heterocycles. The molecule has 0 aliphatic rings. The molecule has 1 atom stereocenters. The van der Waals surface area contributed by atoms with E-state index >= 15 is 0 Å². The molecule has 5 N–H and O–H groups in total. The van der Waals surface area contributed by atoms with Gasteiger partial charge >= 0.3 is 0 Å². The van der Waals surface area contributed by atoms with Crippen molar-refractivity contribution in [3.05, 3.63) is 35.9 Å². The molecule has 1 rings (SSSR count). The minimum absolute atomic E-state index is 0.000817. The Bertz CT molecular complexity index is 488. The van der Waals surface area contributed by atoms with Crippen LogP contribution in [-0.4, -0.2) is 26.6 Å². The van der Waals surface area contributed by atoms with E-state index in [1.54, 1.807) is 0 Å². The summed E-state index contributed by atoms with van der Waals surface area (Å²) >= 11 is 0. The lowest BCUT2D eigenvalue weighted by atomic mass is 10.0. The van der Waals surface area contributed by atoms with E-state index in [1.807, 2.05) is 30.3 Å². The molecule has 0 fully saturated rings. The topological polar surface area (TPSA) is 115 Å². The SMILES string of the molecule is NC(CC(=O)NCCS(N)(=O)=O)c1ccccc1. The van der Waals surface area contributed by atoms with E-state index in [-0.39, 0.29) is 24.6 Å². The lowest BCUT2D eigenvalue weighted by Gasteiger charge is -2.11. The quantitative estimate of drug-likeness (QED) is 0.645. The van der Waals surface area contributed by atoms with Crippen LogP contribution in [0.2, 0.25) is 0 Å². The molecule has 0 heterocycles. The van der Waals surface area contributed by atoms with Crippen molar-refractivity contribution in [2.75, 3.05) is 12.3 Å². The van der Waals surface area contributed by atoms with Gasteiger partial charge in [-0.3, -0.25) is 4.79 Å². The van der Waals surface area contributed by atoms with E-state index in [0.717, 1.165) is 5.56 Å². The number of hydrogen-bond donors (Lipinski definition) is 3. The van der Waals surface area contributed by atoms with Gasteiger partial charge in [0.25, 0.3) is 0 Å². The smallest absolute Gasteiger partial charge is 0.221 e. The van der Waals surface area contributed by atoms with E-state index in [4.69, 9.17) is 10.9 Å². The zero-order valence-corrected chi connectivity index (χ0v) is 10.7. The van der Waals surface area contributed by atoms with Crippen LogP contribution in [0.4, 0.5) is 0 Å². The van der Waals surface area contributed by atoms with Crippen molar-refractivity contribution in [2.24, 2.45) is 10.9 Å². The Kier molecular flexibility index (Phi) is 5.26. The Labute approximate surface area is 106 Å². The molecule has 0 saturated heterocycles. The highest BCUT2D eigenvalue weighted by atomic mass is 32.2. The first-order valence-corrected chi connectivity index (χ1v) is 7.18. The van der Waals surface area contributed by atoms with E-state index in [1.165, 1.54) is 0 Å². The Morgan fingerprint density at radius 2 is 1.89 bits per heavy atom. The lowest BCUT2D eigenvalue weighted by Crippen LogP contribution is -2.33. The maximum Gasteiger partial charge on any atom is 0.221 e. The van der Waals surface area contributed by atoms with Crippen LogP contribution in [-0.2, 0) is 14.8 Å². The van der Waals surface area contributed by atoms with E-state index < -0.39 is 16.1 Å². The van der Waals surface area contributed by atoms with Gasteiger partial charge in [-0.2, -0.15) is 0 Å². The molecule has 1 aromatic rings. The molecule has 7 heteroatoms. The van der Waals surface area contributed by atoms with Gasteiger partial charge in [0, 0.05) is 19.0 Å². The number of sulfonamides is 1. The van der Waals surface area contributed by atoms with E-state index in [9.17, 15) is 13.2 Å². The normalized spacial score (nSPS) is 13.0. The summed E-state index contributed by atoms with van der Waals surface area (Å²) in [6.07, 6.45) is 0.106. The lowest BCUT2D eigenvalue weighted by molar-refractivity contribution is -0.121. The summed E-state index contributed by atoms with van der Waals surface area (Å²) in [5.74, 6) is -0.575. The molecule has 18 heavy (non-hydrogen) atoms. The van der Waals surface area contributed by atoms with Gasteiger partial charge in [0.2, 0.25) is 15.9 Å². The van der Waals surface area contributed by atoms with E-state index in [2.05, 4.69) is 5.32 Å². The number of amides is 1. The average Bonchev–Trinajstić information content (AvgIpc) is 2.28. The second kappa shape index (κ2) is 6.48. The summed E-state index contributed by atoms with van der Waals surface area (Å²) in [6, 6.07) is 8.82. The Hall–Kier alpha value is -1.44. The van der Waals surface area contributed by atoms with E-state index in [0.29, 0.717) is 0 Å². The van der Waals surface area contributed by atoms with Crippen LogP contribution in [0.25, 0.3) is 0 Å². The largest absolute Gasteiger partial charge is 0.355 e. The van der Waals surface area contributed by atoms with Crippen LogP contribution in [0.3, 0.4) is 0 Å². The van der Waals surface area contributed by atoms with Crippen molar-refractivity contribution in [3.63, 3.8) is 0 Å². The minimum Gasteiger partial charge on any atom is -0.355 e. The number of nitrogens with one attached hydrogen (secondary N) is 1. The summed E-state index contributed by atoms with van der Waals surface area (Å²) in [4.78, 5) is 11.5. The second-order valence-electron chi connectivity index (χ2n) is 3.94. The highest BCUT2D eigenvalue weighted by Gasteiger charge is 2.11. The number of benzene rings is 1. The number of carbonyl (C=O) groups excluding carboxylic acids is 1. The first-order chi connectivity index (χ1) is 8.38. The highest BCUT2D eigenvalue weighted by molar-refractivity contribution is 7.89. The predicted molar refractivity (Wildman–Crippen MR) is 69.0 cm³/mol. The molecule has 1 unspecified atom stereocenters. The number of hydrogen-bond acceptors (Lipinski definition) is 4. The standard InChI is InChI=1S/C11H17N3O3S/c12-10(9-4-2-1-3-5-9)8-11(15)14-6-7-18(13,16)17/h1-5,10H,6-8,12H2,(H,14,15)(H2,13,16,17). The Morgan fingerprint density at radius 3 is 2.44 bits per heavy atom. The van der Waals surface area contributed by atoms with Crippen molar-refractivity contribution in [1.29, 1.82) is 0 Å². The molecule has 1 aromatic carbocycles. The molecule has 0 aliphatic carbocycles. The van der Waals surface area contributed by atoms with Gasteiger partial charge in [-0.05, 0) is 5.56 Å². The maximum absolute atomic E-state index is 11.5. The van der Waals surface area contributed by atoms with Crippen molar-refractivity contribution >= 4 is 15.9 Å². The van der Waals surface area contributed by atoms with Gasteiger partial charge < -0.3 is 11.1 Å². The van der Waals surface area contributed by atoms with Gasteiger partial charge in [-0.25, -0.2) is 13.6 Å². The van der Waals surface area contributed by atoms with Crippen LogP contribution in [0, 0.1) is 0 Å². The second-order valence-corrected chi connectivity index (χ2v) is 5.67. The van der Waals surface area contributed by atoms with Gasteiger partial charge in [-0.15, -0.1) is 0 Å². The van der Waals surface area contributed by atoms with Gasteiger partial charge in [0.05, 0.1) is 5.75 Å². The summed E-state index contributed by atoms with van der Waals surface area (Å²) in [5.41, 5.74) is 6.71. The number of rotatable bonds is 6. The fraction of sp³-hybridized carbons (Fsp3) is 0.364. The van der Waals surface area contributed by atoms with Crippen LogP contribution in [0.5, 0.6) is 0 Å². The molecule has 0 spiro atoms. The van der Waals surface area contributed by atoms with Crippen molar-refractivity contribution in [2.45, 2.75) is 12.5 Å². The summed E-state index contributed by atoms with van der Waals surface area (Å²) in [5, 5.41) is 7.27. The van der Waals surface area contributed by atoms with Crippen molar-refractivity contribution in [1.82, 2.24) is 5.32 Å². The number of carbonyl (C=O) groups is 1. The monoisotopic (exact) mass is 271 g/mol. The van der Waals surface area contributed by atoms with Crippen molar-refractivity contribution in [3.8, 4) is 0 Å². The van der Waals surface area contributed by atoms with Crippen LogP contribution in [0.15, 0.2) is 30.3 Å². The average molecular weight is 271 g/mol. The summed E-state index contributed by atoms with van der Waals surface area (Å²) in [7, 11) is -3.55. The van der Waals surface area contributed by atoms with Gasteiger partial charge in [-0.1, -0.05) is 30.3 Å². The predicted octanol–water partition coefficient (Wildman–Crippen LogP) is -0.519. The third kappa shape index (κ3) is 5.76. The number of primary sulfonamides is 1. The van der Waals surface area contributed by atoms with Crippen LogP contribution >= 0.6 is 0 Å². The molecule has 0 aromatic heterocycles. The molecule has 1 amide bonds. The maximum atomic E-state index is 11.5. The van der Waals surface area contributed by atoms with Crippen LogP contribution in [0.1, 0.15) is 18.0 Å². The fourth-order valence-electron chi connectivity index (χ4n) is 1.42. The zero-order chi connectivity index (χ0) is 13.6. The molecule has 0 radical (unpaired) electrons. The Morgan fingerprint density at radius 1 is 1.28 bits per heavy atom. The molecular formula is C11H17N3O3S. The van der Waals surface area contributed by atoms with Gasteiger partial charge in [0.15, 0.2) is 0 Å². The summed E-state index contributed by atoms with van der Waals surface area (Å²) < 4.78 is 21.3. The molecule has 0 bridgehead atoms. The first-order valence-electron chi connectivity index (χ1n) is 5.46. The molecule has 6 nitrogen and oxygen atoms in total. The van der Waals surface area contributed by atoms with Gasteiger partial charge in [0.1, 0.15) is 0 Å². The molecule has 100 valence electrons. The fourth-order valence-corrected chi connectivity index (χ4v) is 1.81. The van der Waals surface area contributed by atoms with Crippen LogP contribution < -0.4 is 16.2 Å². The Balaban J connectivity index is 2.37.